The van der Waals surface area contributed by atoms with E-state index in [1.807, 2.05) is 30.3 Å². The highest BCUT2D eigenvalue weighted by Crippen LogP contribution is 2.23. The Morgan fingerprint density at radius 2 is 1.95 bits per heavy atom. The SMILES string of the molecule is CCCN(Cc1cccc(N)c1)Cc1ccc(Br)cc1Cl. The average Bonchev–Trinajstić information content (AvgIpc) is 2.42. The van der Waals surface area contributed by atoms with Crippen molar-refractivity contribution in [1.29, 1.82) is 0 Å². The predicted molar refractivity (Wildman–Crippen MR) is 94.4 cm³/mol. The predicted octanol–water partition coefficient (Wildman–Crippen LogP) is 5.10. The number of rotatable bonds is 6. The molecule has 112 valence electrons. The first kappa shape index (κ1) is 16.3. The maximum absolute atomic E-state index is 6.33. The molecular formula is C17H20BrClN2. The number of halogens is 2. The molecule has 0 heterocycles. The molecule has 0 spiro atoms. The fourth-order valence-electron chi connectivity index (χ4n) is 2.37. The van der Waals surface area contributed by atoms with E-state index in [0.717, 1.165) is 46.8 Å². The van der Waals surface area contributed by atoms with Crippen molar-refractivity contribution in [2.24, 2.45) is 0 Å². The van der Waals surface area contributed by atoms with Crippen LogP contribution in [0.15, 0.2) is 46.9 Å². The molecule has 2 nitrogen and oxygen atoms in total. The zero-order valence-corrected chi connectivity index (χ0v) is 14.5. The van der Waals surface area contributed by atoms with Gasteiger partial charge in [-0.1, -0.05) is 52.7 Å². The third kappa shape index (κ3) is 5.03. The van der Waals surface area contributed by atoms with Crippen LogP contribution >= 0.6 is 27.5 Å². The second kappa shape index (κ2) is 7.83. The maximum atomic E-state index is 6.33. The molecule has 0 fully saturated rings. The van der Waals surface area contributed by atoms with Crippen molar-refractivity contribution in [3.05, 3.63) is 63.1 Å². The molecule has 0 aliphatic rings. The van der Waals surface area contributed by atoms with E-state index < -0.39 is 0 Å². The van der Waals surface area contributed by atoms with Crippen molar-refractivity contribution < 1.29 is 0 Å². The topological polar surface area (TPSA) is 29.3 Å². The van der Waals surface area contributed by atoms with E-state index >= 15 is 0 Å². The molecule has 0 radical (unpaired) electrons. The van der Waals surface area contributed by atoms with E-state index in [-0.39, 0.29) is 0 Å². The maximum Gasteiger partial charge on any atom is 0.0462 e. The van der Waals surface area contributed by atoms with Crippen LogP contribution < -0.4 is 5.73 Å². The Labute approximate surface area is 140 Å². The summed E-state index contributed by atoms with van der Waals surface area (Å²) in [6.45, 7) is 4.94. The fraction of sp³-hybridized carbons (Fsp3) is 0.294. The molecule has 2 N–H and O–H groups in total. The van der Waals surface area contributed by atoms with Gasteiger partial charge in [-0.05, 0) is 48.4 Å². The van der Waals surface area contributed by atoms with Gasteiger partial charge in [0.1, 0.15) is 0 Å². The summed E-state index contributed by atoms with van der Waals surface area (Å²) in [5.74, 6) is 0. The number of hydrogen-bond donors (Lipinski definition) is 1. The summed E-state index contributed by atoms with van der Waals surface area (Å²) in [4.78, 5) is 2.39. The van der Waals surface area contributed by atoms with Crippen LogP contribution in [0.1, 0.15) is 24.5 Å². The Morgan fingerprint density at radius 3 is 2.62 bits per heavy atom. The molecular weight excluding hydrogens is 348 g/mol. The molecule has 0 saturated carbocycles. The van der Waals surface area contributed by atoms with Crippen molar-refractivity contribution >= 4 is 33.2 Å². The Bertz CT molecular complexity index is 601. The Kier molecular flexibility index (Phi) is 6.09. The van der Waals surface area contributed by atoms with E-state index in [1.165, 1.54) is 5.56 Å². The third-order valence-corrected chi connectivity index (χ3v) is 4.15. The van der Waals surface area contributed by atoms with Gasteiger partial charge in [-0.2, -0.15) is 0 Å². The first-order chi connectivity index (χ1) is 10.1. The molecule has 2 aromatic carbocycles. The van der Waals surface area contributed by atoms with Crippen LogP contribution in [-0.4, -0.2) is 11.4 Å². The average molecular weight is 368 g/mol. The van der Waals surface area contributed by atoms with Gasteiger partial charge in [-0.15, -0.1) is 0 Å². The molecule has 0 atom stereocenters. The molecule has 0 saturated heterocycles. The van der Waals surface area contributed by atoms with E-state index in [1.54, 1.807) is 0 Å². The van der Waals surface area contributed by atoms with Crippen molar-refractivity contribution in [2.75, 3.05) is 12.3 Å². The van der Waals surface area contributed by atoms with Crippen LogP contribution in [0.4, 0.5) is 5.69 Å². The Balaban J connectivity index is 2.11. The van der Waals surface area contributed by atoms with E-state index in [2.05, 4.69) is 39.9 Å². The summed E-state index contributed by atoms with van der Waals surface area (Å²) in [6, 6.07) is 14.1. The van der Waals surface area contributed by atoms with Gasteiger partial charge in [0, 0.05) is 28.3 Å². The number of nitrogens with zero attached hydrogens (tertiary/aromatic N) is 1. The minimum atomic E-state index is 0.804. The molecule has 0 aromatic heterocycles. The summed E-state index contributed by atoms with van der Waals surface area (Å²) in [6.07, 6.45) is 1.11. The van der Waals surface area contributed by atoms with E-state index in [4.69, 9.17) is 17.3 Å². The molecule has 0 aliphatic heterocycles. The fourth-order valence-corrected chi connectivity index (χ4v) is 3.10. The van der Waals surface area contributed by atoms with Gasteiger partial charge in [0.2, 0.25) is 0 Å². The minimum absolute atomic E-state index is 0.804. The molecule has 0 aliphatic carbocycles. The zero-order chi connectivity index (χ0) is 15.2. The molecule has 2 aromatic rings. The molecule has 2 rings (SSSR count). The number of nitrogen functional groups attached to an aromatic ring is 1. The number of benzene rings is 2. The largest absolute Gasteiger partial charge is 0.399 e. The molecule has 4 heteroatoms. The highest BCUT2D eigenvalue weighted by atomic mass is 79.9. The van der Waals surface area contributed by atoms with Crippen molar-refractivity contribution in [2.45, 2.75) is 26.4 Å². The van der Waals surface area contributed by atoms with Gasteiger partial charge >= 0.3 is 0 Å². The molecule has 0 bridgehead atoms. The van der Waals surface area contributed by atoms with E-state index in [0.29, 0.717) is 0 Å². The highest BCUT2D eigenvalue weighted by Gasteiger charge is 2.09. The minimum Gasteiger partial charge on any atom is -0.399 e. The summed E-state index contributed by atoms with van der Waals surface area (Å²) < 4.78 is 1.01. The second-order valence-corrected chi connectivity index (χ2v) is 6.51. The lowest BCUT2D eigenvalue weighted by molar-refractivity contribution is 0.257. The standard InChI is InChI=1S/C17H20BrClN2/c1-2-8-21(11-13-4-3-5-16(20)9-13)12-14-6-7-15(18)10-17(14)19/h3-7,9-10H,2,8,11-12,20H2,1H3. The summed E-state index contributed by atoms with van der Waals surface area (Å²) >= 11 is 9.77. The smallest absolute Gasteiger partial charge is 0.0462 e. The van der Waals surface area contributed by atoms with Crippen molar-refractivity contribution in [3.63, 3.8) is 0 Å². The second-order valence-electron chi connectivity index (χ2n) is 5.19. The highest BCUT2D eigenvalue weighted by molar-refractivity contribution is 9.10. The lowest BCUT2D eigenvalue weighted by Gasteiger charge is -2.22. The Morgan fingerprint density at radius 1 is 1.14 bits per heavy atom. The lowest BCUT2D eigenvalue weighted by Crippen LogP contribution is -2.23. The van der Waals surface area contributed by atoms with Crippen LogP contribution in [0.25, 0.3) is 0 Å². The number of nitrogens with two attached hydrogens (primary N) is 1. The first-order valence-electron chi connectivity index (χ1n) is 7.09. The molecule has 0 amide bonds. The van der Waals surface area contributed by atoms with Gasteiger partial charge in [0.15, 0.2) is 0 Å². The summed E-state index contributed by atoms with van der Waals surface area (Å²) in [5, 5.41) is 0.804. The summed E-state index contributed by atoms with van der Waals surface area (Å²) in [5.41, 5.74) is 9.05. The Hall–Kier alpha value is -1.03. The number of hydrogen-bond acceptors (Lipinski definition) is 2. The number of anilines is 1. The van der Waals surface area contributed by atoms with Crippen LogP contribution in [-0.2, 0) is 13.1 Å². The van der Waals surface area contributed by atoms with Crippen LogP contribution in [0.2, 0.25) is 5.02 Å². The zero-order valence-electron chi connectivity index (χ0n) is 12.2. The van der Waals surface area contributed by atoms with Crippen LogP contribution in [0.3, 0.4) is 0 Å². The molecule has 21 heavy (non-hydrogen) atoms. The van der Waals surface area contributed by atoms with Crippen molar-refractivity contribution in [3.8, 4) is 0 Å². The van der Waals surface area contributed by atoms with Gasteiger partial charge < -0.3 is 5.73 Å². The quantitative estimate of drug-likeness (QED) is 0.720. The summed E-state index contributed by atoms with van der Waals surface area (Å²) in [7, 11) is 0. The first-order valence-corrected chi connectivity index (χ1v) is 8.26. The van der Waals surface area contributed by atoms with Gasteiger partial charge in [-0.25, -0.2) is 0 Å². The van der Waals surface area contributed by atoms with E-state index in [9.17, 15) is 0 Å². The van der Waals surface area contributed by atoms with Crippen LogP contribution in [0.5, 0.6) is 0 Å². The van der Waals surface area contributed by atoms with Gasteiger partial charge in [-0.3, -0.25) is 4.90 Å². The van der Waals surface area contributed by atoms with Gasteiger partial charge in [0.05, 0.1) is 0 Å². The molecule has 0 unspecified atom stereocenters. The monoisotopic (exact) mass is 366 g/mol. The van der Waals surface area contributed by atoms with Gasteiger partial charge in [0.25, 0.3) is 0 Å². The van der Waals surface area contributed by atoms with Crippen LogP contribution in [0, 0.1) is 0 Å². The van der Waals surface area contributed by atoms with Crippen molar-refractivity contribution in [1.82, 2.24) is 4.90 Å². The third-order valence-electron chi connectivity index (χ3n) is 3.31. The normalized spacial score (nSPS) is 11.0. The lowest BCUT2D eigenvalue weighted by atomic mass is 10.1.